The van der Waals surface area contributed by atoms with Crippen LogP contribution < -0.4 is 10.1 Å². The Morgan fingerprint density at radius 2 is 1.27 bits per heavy atom. The monoisotopic (exact) mass is 684 g/mol. The standard InChI is InChI=1S/C42H53ClN2O4/c1-4-5-6-7-8-9-10-11-12-13-14-15-16-17-18-19-20-21-39(46)44-37-30-32-45(33-31-37)41(48)42(2,3)49-38-28-24-35(25-29-38)40(47)34-22-26-36(43)27-23-34/h5-6,8-9,11-12,14-15,17-18,22-29,37H,4,7,10,13,16,19-21,30-33H2,1-3H3,(H,44,46)/b6-5-,9-8-,12-11-,15-14-,18-17-. The number of amides is 2. The molecule has 1 aliphatic heterocycles. The second-order valence-electron chi connectivity index (χ2n) is 12.7. The van der Waals surface area contributed by atoms with Crippen molar-refractivity contribution in [2.45, 2.75) is 96.6 Å². The Hall–Kier alpha value is -4.16. The van der Waals surface area contributed by atoms with Gasteiger partial charge >= 0.3 is 0 Å². The molecule has 7 heteroatoms. The Labute approximate surface area is 298 Å². The van der Waals surface area contributed by atoms with E-state index in [4.69, 9.17) is 16.3 Å². The van der Waals surface area contributed by atoms with Gasteiger partial charge in [0.1, 0.15) is 5.75 Å². The number of ketones is 1. The Morgan fingerprint density at radius 1 is 0.776 bits per heavy atom. The highest BCUT2D eigenvalue weighted by Gasteiger charge is 2.36. The first-order valence-electron chi connectivity index (χ1n) is 17.6. The molecule has 2 amide bonds. The minimum Gasteiger partial charge on any atom is -0.478 e. The number of carbonyl (C=O) groups is 3. The maximum atomic E-state index is 13.4. The number of piperidine rings is 1. The highest BCUT2D eigenvalue weighted by Crippen LogP contribution is 2.24. The lowest BCUT2D eigenvalue weighted by atomic mass is 10.0. The van der Waals surface area contributed by atoms with E-state index in [9.17, 15) is 14.4 Å². The molecule has 1 fully saturated rings. The summed E-state index contributed by atoms with van der Waals surface area (Å²) in [7, 11) is 0. The second-order valence-corrected chi connectivity index (χ2v) is 13.1. The number of halogens is 1. The van der Waals surface area contributed by atoms with Crippen LogP contribution in [-0.4, -0.2) is 47.2 Å². The Kier molecular flexibility index (Phi) is 17.4. The average Bonchev–Trinajstić information content (AvgIpc) is 3.10. The Balaban J connectivity index is 1.27. The number of unbranched alkanes of at least 4 members (excludes halogenated alkanes) is 1. The number of rotatable bonds is 19. The third kappa shape index (κ3) is 14.9. The van der Waals surface area contributed by atoms with Gasteiger partial charge in [-0.1, -0.05) is 79.3 Å². The van der Waals surface area contributed by atoms with Crippen molar-refractivity contribution >= 4 is 29.2 Å². The van der Waals surface area contributed by atoms with Gasteiger partial charge in [-0.25, -0.2) is 0 Å². The predicted octanol–water partition coefficient (Wildman–Crippen LogP) is 9.76. The third-order valence-corrected chi connectivity index (χ3v) is 8.44. The first kappa shape index (κ1) is 39.3. The van der Waals surface area contributed by atoms with Crippen LogP contribution in [0.2, 0.25) is 5.02 Å². The Morgan fingerprint density at radius 3 is 1.80 bits per heavy atom. The molecule has 0 atom stereocenters. The third-order valence-electron chi connectivity index (χ3n) is 8.19. The summed E-state index contributed by atoms with van der Waals surface area (Å²) in [6.07, 6.45) is 30.4. The summed E-state index contributed by atoms with van der Waals surface area (Å²) in [5.74, 6) is 0.367. The number of likely N-dealkylation sites (tertiary alicyclic amines) is 1. The minimum absolute atomic E-state index is 0.0683. The van der Waals surface area contributed by atoms with Crippen molar-refractivity contribution in [3.8, 4) is 5.75 Å². The van der Waals surface area contributed by atoms with E-state index in [0.29, 0.717) is 54.3 Å². The number of hydrogen-bond donors (Lipinski definition) is 1. The number of hydrogen-bond acceptors (Lipinski definition) is 4. The molecule has 6 nitrogen and oxygen atoms in total. The first-order valence-corrected chi connectivity index (χ1v) is 18.0. The van der Waals surface area contributed by atoms with Crippen LogP contribution in [0, 0.1) is 0 Å². The average molecular weight is 685 g/mol. The fourth-order valence-electron chi connectivity index (χ4n) is 5.44. The molecule has 0 aromatic heterocycles. The second kappa shape index (κ2) is 21.7. The summed E-state index contributed by atoms with van der Waals surface area (Å²) in [6, 6.07) is 13.7. The van der Waals surface area contributed by atoms with Crippen molar-refractivity contribution in [2.75, 3.05) is 13.1 Å². The molecule has 2 aromatic carbocycles. The lowest BCUT2D eigenvalue weighted by Crippen LogP contribution is -2.53. The van der Waals surface area contributed by atoms with Gasteiger partial charge in [-0.15, -0.1) is 0 Å². The van der Waals surface area contributed by atoms with Crippen molar-refractivity contribution < 1.29 is 19.1 Å². The number of nitrogens with zero attached hydrogens (tertiary/aromatic N) is 1. The number of allylic oxidation sites excluding steroid dienone is 10. The number of nitrogens with one attached hydrogen (secondary N) is 1. The van der Waals surface area contributed by atoms with E-state index in [0.717, 1.165) is 44.9 Å². The lowest BCUT2D eigenvalue weighted by molar-refractivity contribution is -0.146. The van der Waals surface area contributed by atoms with Gasteiger partial charge in [0.25, 0.3) is 5.91 Å². The summed E-state index contributed by atoms with van der Waals surface area (Å²) >= 11 is 5.93. The first-order chi connectivity index (χ1) is 23.7. The molecule has 0 unspecified atom stereocenters. The molecule has 262 valence electrons. The molecular weight excluding hydrogens is 632 g/mol. The summed E-state index contributed by atoms with van der Waals surface area (Å²) in [5.41, 5.74) is -0.00655. The molecule has 0 saturated carbocycles. The van der Waals surface area contributed by atoms with Gasteiger partial charge < -0.3 is 15.0 Å². The summed E-state index contributed by atoms with van der Waals surface area (Å²) < 4.78 is 6.08. The molecule has 3 rings (SSSR count). The van der Waals surface area contributed by atoms with Crippen LogP contribution in [0.3, 0.4) is 0 Å². The quantitative estimate of drug-likeness (QED) is 0.0908. The topological polar surface area (TPSA) is 75.7 Å². The Bertz CT molecular complexity index is 1460. The molecule has 1 saturated heterocycles. The van der Waals surface area contributed by atoms with Crippen LogP contribution in [0.15, 0.2) is 109 Å². The predicted molar refractivity (Wildman–Crippen MR) is 202 cm³/mol. The smallest absolute Gasteiger partial charge is 0.266 e. The van der Waals surface area contributed by atoms with Crippen molar-refractivity contribution in [3.05, 3.63) is 125 Å². The van der Waals surface area contributed by atoms with Gasteiger partial charge in [0, 0.05) is 41.7 Å². The molecule has 2 aromatic rings. The fraction of sp³-hybridized carbons (Fsp3) is 0.405. The molecule has 0 bridgehead atoms. The fourth-order valence-corrected chi connectivity index (χ4v) is 5.56. The van der Waals surface area contributed by atoms with E-state index in [-0.39, 0.29) is 23.6 Å². The number of benzene rings is 2. The molecule has 0 aliphatic carbocycles. The van der Waals surface area contributed by atoms with Crippen LogP contribution in [0.5, 0.6) is 5.75 Å². The molecule has 0 spiro atoms. The van der Waals surface area contributed by atoms with Gasteiger partial charge in [-0.2, -0.15) is 0 Å². The van der Waals surface area contributed by atoms with Crippen LogP contribution in [0.25, 0.3) is 0 Å². The maximum absolute atomic E-state index is 13.4. The molecule has 1 N–H and O–H groups in total. The largest absolute Gasteiger partial charge is 0.478 e. The molecule has 1 heterocycles. The zero-order valence-corrected chi connectivity index (χ0v) is 30.2. The highest BCUT2D eigenvalue weighted by atomic mass is 35.5. The zero-order valence-electron chi connectivity index (χ0n) is 29.4. The van der Waals surface area contributed by atoms with Gasteiger partial charge in [-0.3, -0.25) is 14.4 Å². The van der Waals surface area contributed by atoms with E-state index in [1.807, 2.05) is 4.90 Å². The summed E-state index contributed by atoms with van der Waals surface area (Å²) in [4.78, 5) is 40.4. The van der Waals surface area contributed by atoms with E-state index >= 15 is 0 Å². The van der Waals surface area contributed by atoms with Crippen molar-refractivity contribution in [3.63, 3.8) is 0 Å². The van der Waals surface area contributed by atoms with Crippen molar-refractivity contribution in [1.29, 1.82) is 0 Å². The zero-order chi connectivity index (χ0) is 35.3. The van der Waals surface area contributed by atoms with Crippen LogP contribution in [-0.2, 0) is 9.59 Å². The lowest BCUT2D eigenvalue weighted by Gasteiger charge is -2.37. The van der Waals surface area contributed by atoms with Gasteiger partial charge in [0.2, 0.25) is 5.91 Å². The highest BCUT2D eigenvalue weighted by molar-refractivity contribution is 6.30. The maximum Gasteiger partial charge on any atom is 0.266 e. The molecule has 1 aliphatic rings. The van der Waals surface area contributed by atoms with Crippen LogP contribution >= 0.6 is 11.6 Å². The normalized spacial score (nSPS) is 14.6. The van der Waals surface area contributed by atoms with Crippen molar-refractivity contribution in [1.82, 2.24) is 10.2 Å². The number of ether oxygens (including phenoxy) is 1. The van der Waals surface area contributed by atoms with E-state index in [1.165, 1.54) is 0 Å². The molecule has 49 heavy (non-hydrogen) atoms. The van der Waals surface area contributed by atoms with Crippen LogP contribution in [0.1, 0.15) is 101 Å². The van der Waals surface area contributed by atoms with Gasteiger partial charge in [-0.05, 0) is 120 Å². The minimum atomic E-state index is -1.08. The SMILES string of the molecule is CC/C=C\C/C=C\C/C=C\C/C=C\C/C=C\CCCC(=O)NC1CCN(C(=O)C(C)(C)Oc2ccc(C(=O)c3ccc(Cl)cc3)cc2)CC1. The van der Waals surface area contributed by atoms with E-state index in [2.05, 4.69) is 73.0 Å². The number of carbonyl (C=O) groups excluding carboxylic acids is 3. The molecular formula is C42H53ClN2O4. The van der Waals surface area contributed by atoms with Crippen LogP contribution in [0.4, 0.5) is 0 Å². The van der Waals surface area contributed by atoms with Gasteiger partial charge in [0.05, 0.1) is 0 Å². The van der Waals surface area contributed by atoms with Crippen molar-refractivity contribution in [2.24, 2.45) is 0 Å². The van der Waals surface area contributed by atoms with E-state index < -0.39 is 5.60 Å². The molecule has 0 radical (unpaired) electrons. The van der Waals surface area contributed by atoms with E-state index in [1.54, 1.807) is 62.4 Å². The summed E-state index contributed by atoms with van der Waals surface area (Å²) in [6.45, 7) is 6.78. The van der Waals surface area contributed by atoms with Gasteiger partial charge in [0.15, 0.2) is 11.4 Å². The summed E-state index contributed by atoms with van der Waals surface area (Å²) in [5, 5.41) is 3.72.